The maximum absolute atomic E-state index is 14.2. The minimum atomic E-state index is -7.50. The Labute approximate surface area is 226 Å². The first-order valence-corrected chi connectivity index (χ1v) is 11.1. The van der Waals surface area contributed by atoms with Gasteiger partial charge in [0.1, 0.15) is 17.0 Å². The minimum absolute atomic E-state index is 0.332. The van der Waals surface area contributed by atoms with Gasteiger partial charge in [-0.2, -0.15) is 48.3 Å². The van der Waals surface area contributed by atoms with Gasteiger partial charge in [0.25, 0.3) is 0 Å². The molecule has 0 saturated carbocycles. The second-order valence-electron chi connectivity index (χ2n) is 10.3. The lowest BCUT2D eigenvalue weighted by Gasteiger charge is -2.32. The van der Waals surface area contributed by atoms with Gasteiger partial charge in [-0.25, -0.2) is 9.59 Å². The molecule has 0 aliphatic rings. The number of alkyl halides is 9. The van der Waals surface area contributed by atoms with Gasteiger partial charge in [0.2, 0.25) is 5.83 Å². The molecular weight excluding hydrogens is 593 g/mol. The van der Waals surface area contributed by atoms with E-state index in [9.17, 15) is 57.9 Å². The smallest absolute Gasteiger partial charge is 0.444 e. The van der Waals surface area contributed by atoms with Crippen molar-refractivity contribution in [1.82, 2.24) is 0 Å². The van der Waals surface area contributed by atoms with E-state index in [4.69, 9.17) is 9.47 Å². The molecule has 0 bridgehead atoms. The number of carbonyl (C=O) groups is 2. The summed E-state index contributed by atoms with van der Waals surface area (Å²) in [5.41, 5.74) is -3.39. The van der Waals surface area contributed by atoms with Crippen LogP contribution in [0.15, 0.2) is 24.0 Å². The fourth-order valence-corrected chi connectivity index (χ4v) is 2.61. The SMILES string of the molecule is Cc1cc(NC(=O)OC(C)(C)C)c(NC(=O)OC(C)(C)C)cc1OC(F)=C(F)C(F)(F)C(F)(F)C(F)(F)C(F)(F)F. The number of amides is 2. The van der Waals surface area contributed by atoms with Crippen molar-refractivity contribution in [2.45, 2.75) is 83.6 Å². The molecule has 1 aromatic rings. The van der Waals surface area contributed by atoms with E-state index in [1.54, 1.807) is 0 Å². The van der Waals surface area contributed by atoms with Crippen LogP contribution in [-0.2, 0) is 9.47 Å². The van der Waals surface area contributed by atoms with Crippen LogP contribution in [0.5, 0.6) is 5.75 Å². The van der Waals surface area contributed by atoms with E-state index in [1.165, 1.54) is 41.5 Å². The highest BCUT2D eigenvalue weighted by atomic mass is 19.4. The Balaban J connectivity index is 3.58. The summed E-state index contributed by atoms with van der Waals surface area (Å²) in [5.74, 6) is -27.2. The van der Waals surface area contributed by atoms with Gasteiger partial charge in [0, 0.05) is 6.07 Å². The molecular formula is C23H25F11N2O5. The molecule has 1 aromatic carbocycles. The van der Waals surface area contributed by atoms with Gasteiger partial charge in [-0.3, -0.25) is 10.6 Å². The van der Waals surface area contributed by atoms with E-state index in [0.717, 1.165) is 13.0 Å². The van der Waals surface area contributed by atoms with E-state index >= 15 is 0 Å². The summed E-state index contributed by atoms with van der Waals surface area (Å²) in [5, 5.41) is 4.24. The molecule has 0 aliphatic heterocycles. The zero-order valence-corrected chi connectivity index (χ0v) is 22.4. The highest BCUT2D eigenvalue weighted by molar-refractivity contribution is 5.96. The maximum atomic E-state index is 14.2. The quantitative estimate of drug-likeness (QED) is 0.236. The molecule has 0 aromatic heterocycles. The first-order valence-electron chi connectivity index (χ1n) is 11.1. The Morgan fingerprint density at radius 1 is 0.683 bits per heavy atom. The monoisotopic (exact) mass is 618 g/mol. The number of aryl methyl sites for hydroxylation is 1. The number of nitrogens with one attached hydrogen (secondary N) is 2. The van der Waals surface area contributed by atoms with Gasteiger partial charge in [0.15, 0.2) is 0 Å². The van der Waals surface area contributed by atoms with Crippen LogP contribution in [0.4, 0.5) is 69.3 Å². The Bertz CT molecular complexity index is 1180. The molecule has 0 atom stereocenters. The largest absolute Gasteiger partial charge is 0.460 e. The van der Waals surface area contributed by atoms with Crippen molar-refractivity contribution in [1.29, 1.82) is 0 Å². The van der Waals surface area contributed by atoms with Crippen LogP contribution in [0.3, 0.4) is 0 Å². The second-order valence-corrected chi connectivity index (χ2v) is 10.3. The third kappa shape index (κ3) is 8.51. The van der Waals surface area contributed by atoms with Gasteiger partial charge < -0.3 is 14.2 Å². The third-order valence-corrected chi connectivity index (χ3v) is 4.38. The standard InChI is InChI=1S/C23H25F11N2O5/c1-10-8-11(35-16(37)40-18(2,3)4)12(36-17(38)41-19(5,6)7)9-13(10)39-15(25)14(24)20(26,27)21(28,29)22(30,31)23(32,33)34/h8-9H,1-7H3,(H,35,37)(H,36,38). The molecule has 1 rings (SSSR count). The summed E-state index contributed by atoms with van der Waals surface area (Å²) < 4.78 is 160. The summed E-state index contributed by atoms with van der Waals surface area (Å²) in [6.45, 7) is 9.79. The highest BCUT2D eigenvalue weighted by Gasteiger charge is 2.83. The number of hydrogen-bond acceptors (Lipinski definition) is 5. The lowest BCUT2D eigenvalue weighted by Crippen LogP contribution is -2.61. The predicted molar refractivity (Wildman–Crippen MR) is 122 cm³/mol. The van der Waals surface area contributed by atoms with Crippen molar-refractivity contribution >= 4 is 23.6 Å². The van der Waals surface area contributed by atoms with E-state index < -0.39 is 70.6 Å². The molecule has 41 heavy (non-hydrogen) atoms. The van der Waals surface area contributed by atoms with Crippen LogP contribution in [0.25, 0.3) is 0 Å². The zero-order valence-electron chi connectivity index (χ0n) is 22.4. The summed E-state index contributed by atoms with van der Waals surface area (Å²) in [4.78, 5) is 24.4. The van der Waals surface area contributed by atoms with Crippen LogP contribution in [0.1, 0.15) is 47.1 Å². The van der Waals surface area contributed by atoms with Gasteiger partial charge in [-0.05, 0) is 60.1 Å². The minimum Gasteiger partial charge on any atom is -0.444 e. The summed E-state index contributed by atoms with van der Waals surface area (Å²) in [6, 6.07) is -1.91. The molecule has 234 valence electrons. The number of carbonyl (C=O) groups excluding carboxylic acids is 2. The van der Waals surface area contributed by atoms with E-state index in [0.29, 0.717) is 6.07 Å². The van der Waals surface area contributed by atoms with Gasteiger partial charge >= 0.3 is 42.1 Å². The van der Waals surface area contributed by atoms with Gasteiger partial charge in [-0.1, -0.05) is 0 Å². The van der Waals surface area contributed by atoms with Crippen LogP contribution in [0, 0.1) is 6.92 Å². The second kappa shape index (κ2) is 11.4. The average molecular weight is 618 g/mol. The molecule has 0 unspecified atom stereocenters. The molecule has 0 aliphatic carbocycles. The number of ether oxygens (including phenoxy) is 3. The van der Waals surface area contributed by atoms with Crippen LogP contribution < -0.4 is 15.4 Å². The number of benzene rings is 1. The van der Waals surface area contributed by atoms with Crippen LogP contribution >= 0.6 is 0 Å². The Hall–Kier alpha value is -3.47. The number of rotatable bonds is 7. The molecule has 0 radical (unpaired) electrons. The number of halogens is 11. The van der Waals surface area contributed by atoms with E-state index in [-0.39, 0.29) is 11.3 Å². The fraction of sp³-hybridized carbons (Fsp3) is 0.565. The number of allylic oxidation sites excluding steroid dienone is 1. The molecule has 0 spiro atoms. The molecule has 7 nitrogen and oxygen atoms in total. The molecule has 2 N–H and O–H groups in total. The summed E-state index contributed by atoms with van der Waals surface area (Å²) in [6.07, 6.45) is -9.60. The normalized spacial score (nSPS) is 14.2. The van der Waals surface area contributed by atoms with Crippen molar-refractivity contribution < 1.29 is 72.1 Å². The molecule has 18 heteroatoms. The molecule has 0 fully saturated rings. The lowest BCUT2D eigenvalue weighted by molar-refractivity contribution is -0.392. The van der Waals surface area contributed by atoms with E-state index in [1.807, 2.05) is 0 Å². The van der Waals surface area contributed by atoms with Crippen LogP contribution in [0.2, 0.25) is 0 Å². The van der Waals surface area contributed by atoms with Gasteiger partial charge in [-0.15, -0.1) is 0 Å². The first kappa shape index (κ1) is 35.6. The Kier molecular flexibility index (Phi) is 9.91. The molecule has 0 heterocycles. The first-order chi connectivity index (χ1) is 18.0. The molecule has 0 saturated heterocycles. The van der Waals surface area contributed by atoms with Crippen molar-refractivity contribution in [3.63, 3.8) is 0 Å². The maximum Gasteiger partial charge on any atom is 0.460 e. The highest BCUT2D eigenvalue weighted by Crippen LogP contribution is 2.56. The Morgan fingerprint density at radius 3 is 1.44 bits per heavy atom. The van der Waals surface area contributed by atoms with Crippen molar-refractivity contribution in [3.05, 3.63) is 29.5 Å². The summed E-state index contributed by atoms with van der Waals surface area (Å²) in [7, 11) is 0. The van der Waals surface area contributed by atoms with E-state index in [2.05, 4.69) is 15.4 Å². The number of hydrogen-bond donors (Lipinski definition) is 2. The van der Waals surface area contributed by atoms with Gasteiger partial charge in [0.05, 0.1) is 11.4 Å². The van der Waals surface area contributed by atoms with Crippen molar-refractivity contribution in [2.24, 2.45) is 0 Å². The van der Waals surface area contributed by atoms with Crippen molar-refractivity contribution in [2.75, 3.05) is 10.6 Å². The third-order valence-electron chi connectivity index (χ3n) is 4.38. The zero-order chi connectivity index (χ0) is 32.6. The fourth-order valence-electron chi connectivity index (χ4n) is 2.61. The average Bonchev–Trinajstić information content (AvgIpc) is 2.72. The van der Waals surface area contributed by atoms with Crippen LogP contribution in [-0.4, -0.2) is 47.3 Å². The lowest BCUT2D eigenvalue weighted by atomic mass is 10.0. The van der Waals surface area contributed by atoms with Crippen molar-refractivity contribution in [3.8, 4) is 5.75 Å². The predicted octanol–water partition coefficient (Wildman–Crippen LogP) is 8.64. The topological polar surface area (TPSA) is 85.9 Å². The molecule has 2 amide bonds. The summed E-state index contributed by atoms with van der Waals surface area (Å²) >= 11 is 0. The number of anilines is 2. The Morgan fingerprint density at radius 2 is 1.07 bits per heavy atom.